The SMILES string of the molecule is CC(C)OCCS(=O)(=O)NCC1(C(=O)O)CC1. The number of hydrogen-bond acceptors (Lipinski definition) is 4. The first-order valence-corrected chi connectivity index (χ1v) is 7.25. The molecule has 0 aromatic rings. The minimum Gasteiger partial charge on any atom is -0.481 e. The third kappa shape index (κ3) is 4.61. The smallest absolute Gasteiger partial charge is 0.310 e. The normalized spacial score (nSPS) is 18.3. The topological polar surface area (TPSA) is 92.7 Å². The maximum absolute atomic E-state index is 11.5. The van der Waals surface area contributed by atoms with E-state index in [4.69, 9.17) is 9.84 Å². The zero-order valence-corrected chi connectivity index (χ0v) is 10.9. The van der Waals surface area contributed by atoms with E-state index in [0.717, 1.165) is 0 Å². The molecular formula is C10H19NO5S. The first-order valence-electron chi connectivity index (χ1n) is 5.60. The summed E-state index contributed by atoms with van der Waals surface area (Å²) in [7, 11) is -3.44. The van der Waals surface area contributed by atoms with E-state index in [0.29, 0.717) is 12.8 Å². The molecule has 0 spiro atoms. The van der Waals surface area contributed by atoms with Crippen LogP contribution in [-0.4, -0.2) is 44.5 Å². The number of carboxylic acids is 1. The Morgan fingerprint density at radius 1 is 1.47 bits per heavy atom. The van der Waals surface area contributed by atoms with Crippen molar-refractivity contribution in [1.82, 2.24) is 4.72 Å². The maximum atomic E-state index is 11.5. The molecule has 1 aliphatic carbocycles. The van der Waals surface area contributed by atoms with Gasteiger partial charge in [0.05, 0.1) is 23.9 Å². The Kier molecular flexibility index (Phi) is 4.51. The van der Waals surface area contributed by atoms with Crippen LogP contribution in [0.2, 0.25) is 0 Å². The second-order valence-electron chi connectivity index (χ2n) is 4.65. The molecule has 0 heterocycles. The molecule has 0 radical (unpaired) electrons. The molecule has 17 heavy (non-hydrogen) atoms. The summed E-state index contributed by atoms with van der Waals surface area (Å²) in [6.45, 7) is 3.74. The molecule has 1 aliphatic rings. The second-order valence-corrected chi connectivity index (χ2v) is 6.57. The molecule has 0 aromatic heterocycles. The van der Waals surface area contributed by atoms with Crippen molar-refractivity contribution in [3.63, 3.8) is 0 Å². The van der Waals surface area contributed by atoms with E-state index in [1.54, 1.807) is 0 Å². The number of carboxylic acid groups (broad SMARTS) is 1. The van der Waals surface area contributed by atoms with E-state index in [1.807, 2.05) is 13.8 Å². The summed E-state index contributed by atoms with van der Waals surface area (Å²) in [6.07, 6.45) is 1.06. The van der Waals surface area contributed by atoms with Gasteiger partial charge in [-0.2, -0.15) is 0 Å². The van der Waals surface area contributed by atoms with Gasteiger partial charge in [0, 0.05) is 6.54 Å². The Morgan fingerprint density at radius 2 is 2.06 bits per heavy atom. The number of aliphatic carboxylic acids is 1. The number of rotatable bonds is 8. The highest BCUT2D eigenvalue weighted by Crippen LogP contribution is 2.45. The van der Waals surface area contributed by atoms with Crippen molar-refractivity contribution in [2.75, 3.05) is 18.9 Å². The molecule has 0 aliphatic heterocycles. The highest BCUT2D eigenvalue weighted by Gasteiger charge is 2.50. The number of nitrogens with one attached hydrogen (secondary N) is 1. The van der Waals surface area contributed by atoms with Crippen molar-refractivity contribution in [2.45, 2.75) is 32.8 Å². The van der Waals surface area contributed by atoms with Gasteiger partial charge in [-0.05, 0) is 26.7 Å². The standard InChI is InChI=1S/C10H19NO5S/c1-8(2)16-5-6-17(14,15)11-7-10(3-4-10)9(12)13/h8,11H,3-7H2,1-2H3,(H,12,13). The van der Waals surface area contributed by atoms with Gasteiger partial charge in [-0.3, -0.25) is 4.79 Å². The Hall–Kier alpha value is -0.660. The molecule has 0 unspecified atom stereocenters. The van der Waals surface area contributed by atoms with Crippen LogP contribution in [0.25, 0.3) is 0 Å². The zero-order chi connectivity index (χ0) is 13.1. The third-order valence-corrected chi connectivity index (χ3v) is 4.03. The number of hydrogen-bond donors (Lipinski definition) is 2. The third-order valence-electron chi connectivity index (χ3n) is 2.74. The van der Waals surface area contributed by atoms with E-state index in [9.17, 15) is 13.2 Å². The molecule has 1 fully saturated rings. The van der Waals surface area contributed by atoms with Gasteiger partial charge in [0.15, 0.2) is 0 Å². The van der Waals surface area contributed by atoms with Crippen LogP contribution in [0.3, 0.4) is 0 Å². The number of sulfonamides is 1. The maximum Gasteiger partial charge on any atom is 0.310 e. The fraction of sp³-hybridized carbons (Fsp3) is 0.900. The molecule has 6 nitrogen and oxygen atoms in total. The lowest BCUT2D eigenvalue weighted by atomic mass is 10.1. The van der Waals surface area contributed by atoms with E-state index in [1.165, 1.54) is 0 Å². The lowest BCUT2D eigenvalue weighted by Gasteiger charge is -2.12. The van der Waals surface area contributed by atoms with Crippen LogP contribution in [0.4, 0.5) is 0 Å². The number of ether oxygens (including phenoxy) is 1. The van der Waals surface area contributed by atoms with E-state index >= 15 is 0 Å². The molecule has 0 atom stereocenters. The molecular weight excluding hydrogens is 246 g/mol. The zero-order valence-electron chi connectivity index (χ0n) is 10.1. The van der Waals surface area contributed by atoms with Gasteiger partial charge >= 0.3 is 5.97 Å². The first-order chi connectivity index (χ1) is 7.77. The van der Waals surface area contributed by atoms with Crippen LogP contribution in [0, 0.1) is 5.41 Å². The van der Waals surface area contributed by atoms with Crippen molar-refractivity contribution in [2.24, 2.45) is 5.41 Å². The lowest BCUT2D eigenvalue weighted by Crippen LogP contribution is -2.36. The minimum atomic E-state index is -3.44. The molecule has 0 bridgehead atoms. The second kappa shape index (κ2) is 5.32. The first kappa shape index (κ1) is 14.4. The Bertz CT molecular complexity index is 372. The predicted octanol–water partition coefficient (Wildman–Crippen LogP) is 0.196. The molecule has 0 amide bonds. The molecule has 2 N–H and O–H groups in total. The van der Waals surface area contributed by atoms with Gasteiger partial charge < -0.3 is 9.84 Å². The van der Waals surface area contributed by atoms with E-state index < -0.39 is 21.4 Å². The summed E-state index contributed by atoms with van der Waals surface area (Å²) < 4.78 is 30.5. The van der Waals surface area contributed by atoms with E-state index in [2.05, 4.69) is 4.72 Å². The van der Waals surface area contributed by atoms with Crippen molar-refractivity contribution in [1.29, 1.82) is 0 Å². The van der Waals surface area contributed by atoms with Gasteiger partial charge in [0.1, 0.15) is 0 Å². The van der Waals surface area contributed by atoms with Gasteiger partial charge in [0.25, 0.3) is 0 Å². The summed E-state index contributed by atoms with van der Waals surface area (Å²) in [5.41, 5.74) is -0.869. The Morgan fingerprint density at radius 3 is 2.47 bits per heavy atom. The highest BCUT2D eigenvalue weighted by atomic mass is 32.2. The van der Waals surface area contributed by atoms with Crippen LogP contribution in [0.5, 0.6) is 0 Å². The highest BCUT2D eigenvalue weighted by molar-refractivity contribution is 7.89. The number of carbonyl (C=O) groups is 1. The molecule has 0 aromatic carbocycles. The van der Waals surface area contributed by atoms with Crippen LogP contribution in [0.15, 0.2) is 0 Å². The molecule has 7 heteroatoms. The average Bonchev–Trinajstić information content (AvgIpc) is 2.94. The van der Waals surface area contributed by atoms with Crippen molar-refractivity contribution >= 4 is 16.0 Å². The molecule has 0 saturated heterocycles. The van der Waals surface area contributed by atoms with Crippen LogP contribution >= 0.6 is 0 Å². The molecule has 100 valence electrons. The summed E-state index contributed by atoms with van der Waals surface area (Å²) in [5, 5.41) is 8.89. The van der Waals surface area contributed by atoms with Gasteiger partial charge in [-0.15, -0.1) is 0 Å². The predicted molar refractivity (Wildman–Crippen MR) is 62.2 cm³/mol. The van der Waals surface area contributed by atoms with Gasteiger partial charge in [-0.1, -0.05) is 0 Å². The Balaban J connectivity index is 2.33. The monoisotopic (exact) mass is 265 g/mol. The summed E-state index contributed by atoms with van der Waals surface area (Å²) in [5.74, 6) is -1.07. The average molecular weight is 265 g/mol. The lowest BCUT2D eigenvalue weighted by molar-refractivity contribution is -0.143. The van der Waals surface area contributed by atoms with Crippen molar-refractivity contribution < 1.29 is 23.1 Å². The van der Waals surface area contributed by atoms with Crippen molar-refractivity contribution in [3.05, 3.63) is 0 Å². The fourth-order valence-corrected chi connectivity index (χ4v) is 2.29. The fourth-order valence-electron chi connectivity index (χ4n) is 1.33. The van der Waals surface area contributed by atoms with Crippen LogP contribution in [-0.2, 0) is 19.6 Å². The summed E-state index contributed by atoms with van der Waals surface area (Å²) in [4.78, 5) is 10.8. The Labute approximate surface area is 101 Å². The quantitative estimate of drug-likeness (QED) is 0.654. The molecule has 1 rings (SSSR count). The molecule has 1 saturated carbocycles. The summed E-state index contributed by atoms with van der Waals surface area (Å²) >= 11 is 0. The van der Waals surface area contributed by atoms with Crippen LogP contribution in [0.1, 0.15) is 26.7 Å². The minimum absolute atomic E-state index is 0.0148. The van der Waals surface area contributed by atoms with E-state index in [-0.39, 0.29) is 25.0 Å². The van der Waals surface area contributed by atoms with Gasteiger partial charge in [0.2, 0.25) is 10.0 Å². The van der Waals surface area contributed by atoms with Crippen LogP contribution < -0.4 is 4.72 Å². The van der Waals surface area contributed by atoms with Gasteiger partial charge in [-0.25, -0.2) is 13.1 Å². The largest absolute Gasteiger partial charge is 0.481 e. The van der Waals surface area contributed by atoms with Crippen molar-refractivity contribution in [3.8, 4) is 0 Å². The summed E-state index contributed by atoms with van der Waals surface area (Å²) in [6, 6.07) is 0.